The van der Waals surface area contributed by atoms with Gasteiger partial charge in [0.2, 0.25) is 0 Å². The second-order valence-electron chi connectivity index (χ2n) is 4.65. The lowest BCUT2D eigenvalue weighted by Crippen LogP contribution is -2.04. The topological polar surface area (TPSA) is 9.23 Å². The molecule has 0 aromatic carbocycles. The molecule has 0 amide bonds. The number of ether oxygens (including phenoxy) is 1. The first kappa shape index (κ1) is 13.0. The van der Waals surface area contributed by atoms with Crippen LogP contribution in [0.2, 0.25) is 0 Å². The highest BCUT2D eigenvalue weighted by Gasteiger charge is 2.09. The Balaban J connectivity index is 2.19. The highest BCUT2D eigenvalue weighted by Crippen LogP contribution is 2.23. The van der Waals surface area contributed by atoms with E-state index in [0.29, 0.717) is 0 Å². The fraction of sp³-hybridized carbons (Fsp3) is 0.929. The number of rotatable bonds is 2. The summed E-state index contributed by atoms with van der Waals surface area (Å²) < 4.78 is 5.70. The van der Waals surface area contributed by atoms with Crippen molar-refractivity contribution >= 4 is 0 Å². The number of hydrogen-bond acceptors (Lipinski definition) is 1. The van der Waals surface area contributed by atoms with Crippen LogP contribution in [-0.2, 0) is 4.74 Å². The summed E-state index contributed by atoms with van der Waals surface area (Å²) in [5, 5.41) is 0. The Labute approximate surface area is 95.6 Å². The molecule has 1 fully saturated rings. The van der Waals surface area contributed by atoms with E-state index in [-0.39, 0.29) is 0 Å². The molecule has 0 N–H and O–H groups in total. The van der Waals surface area contributed by atoms with Gasteiger partial charge in [0.25, 0.3) is 0 Å². The Bertz CT molecular complexity index is 121. The van der Waals surface area contributed by atoms with Crippen LogP contribution in [0.5, 0.6) is 0 Å². The van der Waals surface area contributed by atoms with Gasteiger partial charge in [-0.1, -0.05) is 57.8 Å². The average Bonchev–Trinajstić information content (AvgIpc) is 2.22. The molecule has 0 aromatic heterocycles. The zero-order valence-electron chi connectivity index (χ0n) is 10.4. The van der Waals surface area contributed by atoms with Gasteiger partial charge in [-0.25, -0.2) is 0 Å². The van der Waals surface area contributed by atoms with Crippen molar-refractivity contribution in [1.29, 1.82) is 0 Å². The van der Waals surface area contributed by atoms with Gasteiger partial charge in [-0.05, 0) is 19.8 Å². The normalized spacial score (nSPS) is 23.0. The maximum Gasteiger partial charge on any atom is 0.0970 e. The van der Waals surface area contributed by atoms with Crippen molar-refractivity contribution in [3.63, 3.8) is 0 Å². The van der Waals surface area contributed by atoms with Crippen molar-refractivity contribution in [3.8, 4) is 0 Å². The van der Waals surface area contributed by atoms with Crippen LogP contribution in [0.15, 0.2) is 0 Å². The first-order valence-corrected chi connectivity index (χ1v) is 6.91. The first-order chi connectivity index (χ1) is 7.43. The second-order valence-corrected chi connectivity index (χ2v) is 4.65. The second kappa shape index (κ2) is 9.21. The molecular weight excluding hydrogens is 184 g/mol. The molecule has 89 valence electrons. The van der Waals surface area contributed by atoms with E-state index >= 15 is 0 Å². The van der Waals surface area contributed by atoms with Crippen molar-refractivity contribution < 1.29 is 4.74 Å². The van der Waals surface area contributed by atoms with Gasteiger partial charge in [0.15, 0.2) is 0 Å². The van der Waals surface area contributed by atoms with Crippen LogP contribution in [0.1, 0.15) is 77.6 Å². The summed E-state index contributed by atoms with van der Waals surface area (Å²) in [5.41, 5.74) is 0. The molecule has 1 nitrogen and oxygen atoms in total. The minimum absolute atomic E-state index is 0.856. The molecule has 1 saturated carbocycles. The highest BCUT2D eigenvalue weighted by molar-refractivity contribution is 4.78. The van der Waals surface area contributed by atoms with E-state index < -0.39 is 0 Å². The maximum absolute atomic E-state index is 5.70. The fourth-order valence-corrected chi connectivity index (χ4v) is 2.36. The van der Waals surface area contributed by atoms with E-state index in [1.165, 1.54) is 76.7 Å². The van der Waals surface area contributed by atoms with Gasteiger partial charge in [-0.2, -0.15) is 0 Å². The summed E-state index contributed by atoms with van der Waals surface area (Å²) in [4.78, 5) is 0. The predicted molar refractivity (Wildman–Crippen MR) is 65.7 cm³/mol. The molecule has 0 aromatic rings. The van der Waals surface area contributed by atoms with Crippen LogP contribution in [0.3, 0.4) is 0 Å². The summed E-state index contributed by atoms with van der Waals surface area (Å²) in [6, 6.07) is 0. The van der Waals surface area contributed by atoms with E-state index in [1.54, 1.807) is 0 Å². The lowest BCUT2D eigenvalue weighted by Gasteiger charge is -2.16. The Morgan fingerprint density at radius 1 is 0.733 bits per heavy atom. The molecule has 0 heterocycles. The van der Waals surface area contributed by atoms with Crippen molar-refractivity contribution in [2.75, 3.05) is 6.61 Å². The molecule has 0 saturated heterocycles. The molecule has 1 heteroatoms. The van der Waals surface area contributed by atoms with E-state index in [4.69, 9.17) is 4.74 Å². The summed E-state index contributed by atoms with van der Waals surface area (Å²) >= 11 is 0. The van der Waals surface area contributed by atoms with Crippen LogP contribution in [0, 0.1) is 6.10 Å². The predicted octanol–water partition coefficient (Wildman–Crippen LogP) is 4.86. The van der Waals surface area contributed by atoms with Crippen molar-refractivity contribution in [1.82, 2.24) is 0 Å². The monoisotopic (exact) mass is 211 g/mol. The van der Waals surface area contributed by atoms with Gasteiger partial charge in [0.1, 0.15) is 0 Å². The van der Waals surface area contributed by atoms with Gasteiger partial charge in [0, 0.05) is 6.61 Å². The smallest absolute Gasteiger partial charge is 0.0970 e. The third-order valence-corrected chi connectivity index (χ3v) is 3.26. The molecule has 0 aliphatic heterocycles. The quantitative estimate of drug-likeness (QED) is 0.634. The van der Waals surface area contributed by atoms with E-state index in [9.17, 15) is 0 Å². The van der Waals surface area contributed by atoms with Crippen molar-refractivity contribution in [2.45, 2.75) is 77.6 Å². The lowest BCUT2D eigenvalue weighted by atomic mass is 9.99. The Morgan fingerprint density at radius 3 is 1.53 bits per heavy atom. The number of hydrogen-bond donors (Lipinski definition) is 0. The minimum Gasteiger partial charge on any atom is -0.372 e. The van der Waals surface area contributed by atoms with Gasteiger partial charge in [-0.3, -0.25) is 0 Å². The third kappa shape index (κ3) is 6.94. The Morgan fingerprint density at radius 2 is 1.13 bits per heavy atom. The molecule has 1 aliphatic rings. The summed E-state index contributed by atoms with van der Waals surface area (Å²) in [6.07, 6.45) is 16.5. The zero-order chi connectivity index (χ0) is 10.8. The third-order valence-electron chi connectivity index (χ3n) is 3.26. The molecule has 15 heavy (non-hydrogen) atoms. The summed E-state index contributed by atoms with van der Waals surface area (Å²) in [6.45, 7) is 2.96. The molecular formula is C14H27O. The molecule has 0 spiro atoms. The van der Waals surface area contributed by atoms with E-state index in [2.05, 4.69) is 6.92 Å². The average molecular weight is 211 g/mol. The van der Waals surface area contributed by atoms with Crippen LogP contribution in [0.4, 0.5) is 0 Å². The zero-order valence-corrected chi connectivity index (χ0v) is 10.4. The Kier molecular flexibility index (Phi) is 7.99. The van der Waals surface area contributed by atoms with Crippen LogP contribution in [0.25, 0.3) is 0 Å². The molecule has 0 unspecified atom stereocenters. The van der Waals surface area contributed by atoms with Crippen LogP contribution in [-0.4, -0.2) is 6.61 Å². The SMILES string of the molecule is CCO[C]1CCCCCCCCCCC1. The molecule has 1 radical (unpaired) electrons. The van der Waals surface area contributed by atoms with E-state index in [0.717, 1.165) is 6.61 Å². The molecule has 0 bridgehead atoms. The largest absolute Gasteiger partial charge is 0.372 e. The molecule has 0 atom stereocenters. The molecule has 1 rings (SSSR count). The van der Waals surface area contributed by atoms with Gasteiger partial charge in [0.05, 0.1) is 6.10 Å². The first-order valence-electron chi connectivity index (χ1n) is 6.91. The lowest BCUT2D eigenvalue weighted by molar-refractivity contribution is 0.134. The van der Waals surface area contributed by atoms with Gasteiger partial charge in [-0.15, -0.1) is 0 Å². The van der Waals surface area contributed by atoms with Crippen molar-refractivity contribution in [3.05, 3.63) is 6.10 Å². The van der Waals surface area contributed by atoms with Crippen LogP contribution < -0.4 is 0 Å². The maximum atomic E-state index is 5.70. The van der Waals surface area contributed by atoms with Crippen LogP contribution >= 0.6 is 0 Å². The Hall–Kier alpha value is -0.0400. The summed E-state index contributed by atoms with van der Waals surface area (Å²) in [7, 11) is 0. The van der Waals surface area contributed by atoms with Gasteiger partial charge < -0.3 is 4.74 Å². The standard InChI is InChI=1S/C14H27O/c1-2-15-14-12-10-8-6-4-3-5-7-9-11-13-14/h2-13H2,1H3. The van der Waals surface area contributed by atoms with Crippen molar-refractivity contribution in [2.24, 2.45) is 0 Å². The highest BCUT2D eigenvalue weighted by atomic mass is 16.5. The van der Waals surface area contributed by atoms with E-state index in [1.807, 2.05) is 0 Å². The minimum atomic E-state index is 0.856. The molecule has 1 aliphatic carbocycles. The fourth-order valence-electron chi connectivity index (χ4n) is 2.36. The summed E-state index contributed by atoms with van der Waals surface area (Å²) in [5.74, 6) is 0. The van der Waals surface area contributed by atoms with Gasteiger partial charge >= 0.3 is 0 Å².